The van der Waals surface area contributed by atoms with E-state index < -0.39 is 0 Å². The van der Waals surface area contributed by atoms with Crippen molar-refractivity contribution in [3.63, 3.8) is 0 Å². The van der Waals surface area contributed by atoms with Gasteiger partial charge in [-0.1, -0.05) is 18.2 Å². The van der Waals surface area contributed by atoms with Gasteiger partial charge < -0.3 is 5.11 Å². The van der Waals surface area contributed by atoms with Crippen LogP contribution in [0.3, 0.4) is 0 Å². The molecule has 1 unspecified atom stereocenters. The van der Waals surface area contributed by atoms with Gasteiger partial charge in [0.25, 0.3) is 0 Å². The van der Waals surface area contributed by atoms with Crippen molar-refractivity contribution in [2.45, 2.75) is 32.3 Å². The lowest BCUT2D eigenvalue weighted by atomic mass is 10.0. The fraction of sp³-hybridized carbons (Fsp3) is 0.357. The topological polar surface area (TPSA) is 33.1 Å². The number of hydrogen-bond acceptors (Lipinski definition) is 2. The lowest BCUT2D eigenvalue weighted by Crippen LogP contribution is -2.00. The van der Waals surface area contributed by atoms with E-state index in [-0.39, 0.29) is 6.10 Å². The third-order valence-corrected chi connectivity index (χ3v) is 2.81. The summed E-state index contributed by atoms with van der Waals surface area (Å²) in [5.74, 6) is 0. The highest BCUT2D eigenvalue weighted by Crippen LogP contribution is 2.18. The van der Waals surface area contributed by atoms with Crippen molar-refractivity contribution in [3.8, 4) is 0 Å². The molecule has 1 aromatic heterocycles. The number of aryl methyl sites for hydroxylation is 1. The molecule has 2 aromatic rings. The molecule has 84 valence electrons. The Morgan fingerprint density at radius 2 is 2.06 bits per heavy atom. The van der Waals surface area contributed by atoms with Crippen LogP contribution in [-0.2, 0) is 6.42 Å². The molecule has 2 heteroatoms. The van der Waals surface area contributed by atoms with Gasteiger partial charge in [-0.3, -0.25) is 4.98 Å². The molecule has 1 aromatic carbocycles. The lowest BCUT2D eigenvalue weighted by Gasteiger charge is -2.06. The smallest absolute Gasteiger partial charge is 0.0704 e. The van der Waals surface area contributed by atoms with E-state index in [1.54, 1.807) is 0 Å². The van der Waals surface area contributed by atoms with Gasteiger partial charge in [0.2, 0.25) is 0 Å². The highest BCUT2D eigenvalue weighted by atomic mass is 16.3. The Balaban J connectivity index is 2.17. The largest absolute Gasteiger partial charge is 0.393 e. The van der Waals surface area contributed by atoms with Crippen molar-refractivity contribution < 1.29 is 5.11 Å². The van der Waals surface area contributed by atoms with E-state index in [0.717, 1.165) is 24.8 Å². The maximum Gasteiger partial charge on any atom is 0.0704 e. The molecule has 2 nitrogen and oxygen atoms in total. The second kappa shape index (κ2) is 5.08. The van der Waals surface area contributed by atoms with Crippen LogP contribution in [0.2, 0.25) is 0 Å². The monoisotopic (exact) mass is 215 g/mol. The van der Waals surface area contributed by atoms with E-state index in [2.05, 4.69) is 17.1 Å². The number of aromatic nitrogens is 1. The highest BCUT2D eigenvalue weighted by Gasteiger charge is 2.02. The molecule has 1 atom stereocenters. The molecule has 0 aliphatic rings. The van der Waals surface area contributed by atoms with Crippen molar-refractivity contribution in [2.24, 2.45) is 0 Å². The zero-order valence-corrected chi connectivity index (χ0v) is 9.56. The average molecular weight is 215 g/mol. The van der Waals surface area contributed by atoms with Crippen LogP contribution in [0.25, 0.3) is 10.9 Å². The van der Waals surface area contributed by atoms with Crippen LogP contribution < -0.4 is 0 Å². The first kappa shape index (κ1) is 11.1. The van der Waals surface area contributed by atoms with Gasteiger partial charge in [-0.15, -0.1) is 0 Å². The molecule has 0 saturated carbocycles. The van der Waals surface area contributed by atoms with Gasteiger partial charge in [0.05, 0.1) is 11.6 Å². The summed E-state index contributed by atoms with van der Waals surface area (Å²) in [6, 6.07) is 10.3. The quantitative estimate of drug-likeness (QED) is 0.850. The number of hydrogen-bond donors (Lipinski definition) is 1. The standard InChI is InChI=1S/C14H17NO/c1-11(16)5-4-6-12-9-10-15-14-8-3-2-7-13(12)14/h2-3,7-11,16H,4-6H2,1H3. The number of nitrogens with zero attached hydrogens (tertiary/aromatic N) is 1. The van der Waals surface area contributed by atoms with E-state index in [1.165, 1.54) is 10.9 Å². The minimum Gasteiger partial charge on any atom is -0.393 e. The van der Waals surface area contributed by atoms with Gasteiger partial charge in [-0.2, -0.15) is 0 Å². The first-order chi connectivity index (χ1) is 7.77. The molecule has 0 aliphatic carbocycles. The van der Waals surface area contributed by atoms with Crippen LogP contribution >= 0.6 is 0 Å². The Bertz CT molecular complexity index is 460. The summed E-state index contributed by atoms with van der Waals surface area (Å²) in [6.45, 7) is 1.84. The number of pyridine rings is 1. The Labute approximate surface area is 96.0 Å². The van der Waals surface area contributed by atoms with Crippen molar-refractivity contribution >= 4 is 10.9 Å². The van der Waals surface area contributed by atoms with Crippen LogP contribution in [0.1, 0.15) is 25.3 Å². The molecule has 0 amide bonds. The van der Waals surface area contributed by atoms with E-state index in [4.69, 9.17) is 0 Å². The van der Waals surface area contributed by atoms with Crippen LogP contribution in [0.15, 0.2) is 36.5 Å². The van der Waals surface area contributed by atoms with Crippen LogP contribution in [0.4, 0.5) is 0 Å². The Morgan fingerprint density at radius 3 is 2.88 bits per heavy atom. The van der Waals surface area contributed by atoms with Gasteiger partial charge >= 0.3 is 0 Å². The third-order valence-electron chi connectivity index (χ3n) is 2.81. The van der Waals surface area contributed by atoms with Gasteiger partial charge in [-0.25, -0.2) is 0 Å². The molecule has 0 bridgehead atoms. The summed E-state index contributed by atoms with van der Waals surface area (Å²) in [7, 11) is 0. The zero-order valence-electron chi connectivity index (χ0n) is 9.56. The summed E-state index contributed by atoms with van der Waals surface area (Å²) >= 11 is 0. The summed E-state index contributed by atoms with van der Waals surface area (Å²) in [4.78, 5) is 4.34. The molecular weight excluding hydrogens is 198 g/mol. The number of rotatable bonds is 4. The summed E-state index contributed by atoms with van der Waals surface area (Å²) in [6.07, 6.45) is 4.55. The summed E-state index contributed by atoms with van der Waals surface area (Å²) in [5.41, 5.74) is 2.38. The molecule has 1 heterocycles. The number of aliphatic hydroxyl groups excluding tert-OH is 1. The predicted octanol–water partition coefficient (Wildman–Crippen LogP) is 2.94. The SMILES string of the molecule is CC(O)CCCc1ccnc2ccccc12. The second-order valence-electron chi connectivity index (χ2n) is 4.23. The Kier molecular flexibility index (Phi) is 3.52. The second-order valence-corrected chi connectivity index (χ2v) is 4.23. The molecule has 0 saturated heterocycles. The van der Waals surface area contributed by atoms with Crippen LogP contribution in [-0.4, -0.2) is 16.2 Å². The number of benzene rings is 1. The van der Waals surface area contributed by atoms with Crippen molar-refractivity contribution in [2.75, 3.05) is 0 Å². The first-order valence-corrected chi connectivity index (χ1v) is 5.78. The van der Waals surface area contributed by atoms with E-state index in [0.29, 0.717) is 0 Å². The Hall–Kier alpha value is -1.41. The molecule has 1 N–H and O–H groups in total. The molecule has 0 fully saturated rings. The van der Waals surface area contributed by atoms with E-state index >= 15 is 0 Å². The van der Waals surface area contributed by atoms with Crippen molar-refractivity contribution in [3.05, 3.63) is 42.1 Å². The molecular formula is C14H17NO. The normalized spacial score (nSPS) is 12.9. The molecule has 0 spiro atoms. The minimum atomic E-state index is -0.201. The van der Waals surface area contributed by atoms with Crippen molar-refractivity contribution in [1.82, 2.24) is 4.98 Å². The van der Waals surface area contributed by atoms with Crippen LogP contribution in [0.5, 0.6) is 0 Å². The highest BCUT2D eigenvalue weighted by molar-refractivity contribution is 5.81. The third kappa shape index (κ3) is 2.58. The lowest BCUT2D eigenvalue weighted by molar-refractivity contribution is 0.182. The molecule has 2 rings (SSSR count). The predicted molar refractivity (Wildman–Crippen MR) is 66.4 cm³/mol. The molecule has 0 radical (unpaired) electrons. The summed E-state index contributed by atoms with van der Waals surface area (Å²) in [5, 5.41) is 10.5. The number of para-hydroxylation sites is 1. The van der Waals surface area contributed by atoms with Crippen LogP contribution in [0, 0.1) is 0 Å². The fourth-order valence-electron chi connectivity index (χ4n) is 1.96. The Morgan fingerprint density at radius 1 is 1.25 bits per heavy atom. The number of fused-ring (bicyclic) bond motifs is 1. The fourth-order valence-corrected chi connectivity index (χ4v) is 1.96. The maximum atomic E-state index is 9.23. The molecule has 16 heavy (non-hydrogen) atoms. The van der Waals surface area contributed by atoms with Crippen molar-refractivity contribution in [1.29, 1.82) is 0 Å². The summed E-state index contributed by atoms with van der Waals surface area (Å²) < 4.78 is 0. The van der Waals surface area contributed by atoms with E-state index in [1.807, 2.05) is 31.3 Å². The molecule has 0 aliphatic heterocycles. The first-order valence-electron chi connectivity index (χ1n) is 5.78. The van der Waals surface area contributed by atoms with Gasteiger partial charge in [0, 0.05) is 11.6 Å². The number of aliphatic hydroxyl groups is 1. The van der Waals surface area contributed by atoms with Gasteiger partial charge in [0.15, 0.2) is 0 Å². The minimum absolute atomic E-state index is 0.201. The van der Waals surface area contributed by atoms with Gasteiger partial charge in [0.1, 0.15) is 0 Å². The van der Waals surface area contributed by atoms with E-state index in [9.17, 15) is 5.11 Å². The zero-order chi connectivity index (χ0) is 11.4. The maximum absolute atomic E-state index is 9.23. The van der Waals surface area contributed by atoms with Gasteiger partial charge in [-0.05, 0) is 43.9 Å². The average Bonchev–Trinajstić information content (AvgIpc) is 2.29.